The lowest BCUT2D eigenvalue weighted by atomic mass is 10.00. The average molecular weight is 321 g/mol. The zero-order chi connectivity index (χ0) is 17.1. The van der Waals surface area contributed by atoms with Crippen LogP contribution in [0.5, 0.6) is 0 Å². The Kier molecular flexibility index (Phi) is 4.65. The maximum Gasteiger partial charge on any atom is 0.220 e. The molecule has 0 aliphatic rings. The predicted octanol–water partition coefficient (Wildman–Crippen LogP) is 3.99. The van der Waals surface area contributed by atoms with Gasteiger partial charge in [0.15, 0.2) is 0 Å². The number of aromatic amines is 1. The van der Waals surface area contributed by atoms with Crippen LogP contribution in [0.25, 0.3) is 11.0 Å². The third-order valence-corrected chi connectivity index (χ3v) is 4.39. The molecule has 0 saturated heterocycles. The van der Waals surface area contributed by atoms with Crippen molar-refractivity contribution in [1.29, 1.82) is 0 Å². The normalized spacial score (nSPS) is 12.3. The number of hydrogen-bond donors (Lipinski definition) is 2. The molecule has 3 aromatic rings. The van der Waals surface area contributed by atoms with E-state index in [0.29, 0.717) is 6.42 Å². The van der Waals surface area contributed by atoms with Crippen LogP contribution < -0.4 is 5.32 Å². The summed E-state index contributed by atoms with van der Waals surface area (Å²) in [5, 5.41) is 3.10. The Bertz CT molecular complexity index is 866. The number of hydrogen-bond acceptors (Lipinski definition) is 2. The smallest absolute Gasteiger partial charge is 0.220 e. The van der Waals surface area contributed by atoms with Crippen molar-refractivity contribution in [3.05, 3.63) is 65.0 Å². The van der Waals surface area contributed by atoms with Gasteiger partial charge in [0, 0.05) is 6.42 Å². The predicted molar refractivity (Wildman–Crippen MR) is 96.9 cm³/mol. The van der Waals surface area contributed by atoms with E-state index < -0.39 is 0 Å². The Hall–Kier alpha value is -2.62. The van der Waals surface area contributed by atoms with E-state index in [1.165, 1.54) is 16.7 Å². The Morgan fingerprint density at radius 2 is 2.04 bits per heavy atom. The van der Waals surface area contributed by atoms with Crippen molar-refractivity contribution in [2.75, 3.05) is 0 Å². The highest BCUT2D eigenvalue weighted by Gasteiger charge is 2.12. The summed E-state index contributed by atoms with van der Waals surface area (Å²) in [4.78, 5) is 19.6. The Morgan fingerprint density at radius 3 is 2.83 bits per heavy atom. The molecule has 0 saturated carbocycles. The number of nitrogens with zero attached hydrogens (tertiary/aromatic N) is 1. The lowest BCUT2D eigenvalue weighted by molar-refractivity contribution is -0.121. The molecule has 3 rings (SSSR count). The van der Waals surface area contributed by atoms with Gasteiger partial charge in [-0.1, -0.05) is 29.8 Å². The maximum atomic E-state index is 12.3. The fourth-order valence-electron chi connectivity index (χ4n) is 3.10. The first kappa shape index (κ1) is 16.2. The summed E-state index contributed by atoms with van der Waals surface area (Å²) in [7, 11) is 0. The molecule has 124 valence electrons. The minimum absolute atomic E-state index is 0.0215. The fraction of sp³-hybridized carbons (Fsp3) is 0.300. The van der Waals surface area contributed by atoms with Gasteiger partial charge in [0.1, 0.15) is 0 Å². The van der Waals surface area contributed by atoms with Crippen LogP contribution in [-0.4, -0.2) is 15.9 Å². The van der Waals surface area contributed by atoms with Crippen LogP contribution in [0.3, 0.4) is 0 Å². The monoisotopic (exact) mass is 321 g/mol. The van der Waals surface area contributed by atoms with E-state index in [9.17, 15) is 4.79 Å². The highest BCUT2D eigenvalue weighted by atomic mass is 16.1. The zero-order valence-corrected chi connectivity index (χ0v) is 14.4. The number of aromatic nitrogens is 2. The van der Waals surface area contributed by atoms with Crippen molar-refractivity contribution >= 4 is 16.9 Å². The summed E-state index contributed by atoms with van der Waals surface area (Å²) in [6, 6.07) is 12.4. The summed E-state index contributed by atoms with van der Waals surface area (Å²) in [6.07, 6.45) is 2.89. The van der Waals surface area contributed by atoms with Gasteiger partial charge in [0.05, 0.1) is 23.4 Å². The first-order chi connectivity index (χ1) is 11.5. The van der Waals surface area contributed by atoms with Crippen LogP contribution in [0.15, 0.2) is 42.7 Å². The number of imidazole rings is 1. The van der Waals surface area contributed by atoms with Crippen molar-refractivity contribution in [1.82, 2.24) is 15.3 Å². The van der Waals surface area contributed by atoms with Gasteiger partial charge in [-0.25, -0.2) is 4.98 Å². The van der Waals surface area contributed by atoms with Gasteiger partial charge >= 0.3 is 0 Å². The molecule has 0 unspecified atom stereocenters. The van der Waals surface area contributed by atoms with Crippen molar-refractivity contribution in [3.8, 4) is 0 Å². The Balaban J connectivity index is 1.58. The molecule has 0 fully saturated rings. The molecule has 4 heteroatoms. The van der Waals surface area contributed by atoms with Crippen LogP contribution in [0, 0.1) is 13.8 Å². The third-order valence-electron chi connectivity index (χ3n) is 4.39. The molecule has 1 heterocycles. The number of fused-ring (bicyclic) bond motifs is 1. The summed E-state index contributed by atoms with van der Waals surface area (Å²) >= 11 is 0. The molecule has 2 N–H and O–H groups in total. The van der Waals surface area contributed by atoms with Crippen molar-refractivity contribution in [2.24, 2.45) is 0 Å². The molecule has 0 spiro atoms. The highest BCUT2D eigenvalue weighted by Crippen LogP contribution is 2.19. The highest BCUT2D eigenvalue weighted by molar-refractivity contribution is 5.78. The van der Waals surface area contributed by atoms with Gasteiger partial charge in [-0.15, -0.1) is 0 Å². The van der Waals surface area contributed by atoms with Gasteiger partial charge in [-0.05, 0) is 56.0 Å². The minimum Gasteiger partial charge on any atom is -0.350 e. The number of nitrogens with one attached hydrogen (secondary N) is 2. The van der Waals surface area contributed by atoms with Gasteiger partial charge in [0.25, 0.3) is 0 Å². The second kappa shape index (κ2) is 6.87. The van der Waals surface area contributed by atoms with Crippen molar-refractivity contribution in [3.63, 3.8) is 0 Å². The number of amides is 1. The average Bonchev–Trinajstić information content (AvgIpc) is 3.00. The molecular weight excluding hydrogens is 298 g/mol. The summed E-state index contributed by atoms with van der Waals surface area (Å²) in [5.74, 6) is 0.0761. The van der Waals surface area contributed by atoms with E-state index in [0.717, 1.165) is 23.0 Å². The molecule has 0 aliphatic heterocycles. The first-order valence-corrected chi connectivity index (χ1v) is 8.31. The lowest BCUT2D eigenvalue weighted by Crippen LogP contribution is -2.27. The number of rotatable bonds is 5. The topological polar surface area (TPSA) is 57.8 Å². The third kappa shape index (κ3) is 3.65. The number of carbonyl (C=O) groups is 1. The molecule has 4 nitrogen and oxygen atoms in total. The molecule has 0 aliphatic carbocycles. The summed E-state index contributed by atoms with van der Waals surface area (Å²) in [5.41, 5.74) is 6.73. The van der Waals surface area contributed by atoms with E-state index in [1.54, 1.807) is 6.33 Å². The van der Waals surface area contributed by atoms with Crippen molar-refractivity contribution < 1.29 is 4.79 Å². The molecule has 0 radical (unpaired) electrons. The summed E-state index contributed by atoms with van der Waals surface area (Å²) in [6.45, 7) is 6.20. The molecule has 2 aromatic carbocycles. The Morgan fingerprint density at radius 1 is 1.21 bits per heavy atom. The van der Waals surface area contributed by atoms with Gasteiger partial charge < -0.3 is 10.3 Å². The second-order valence-electron chi connectivity index (χ2n) is 6.40. The molecule has 1 aromatic heterocycles. The number of benzene rings is 2. The van der Waals surface area contributed by atoms with E-state index in [1.807, 2.05) is 19.1 Å². The second-order valence-corrected chi connectivity index (χ2v) is 6.40. The van der Waals surface area contributed by atoms with E-state index in [-0.39, 0.29) is 11.9 Å². The van der Waals surface area contributed by atoms with Crippen molar-refractivity contribution in [2.45, 2.75) is 39.7 Å². The molecule has 0 bridgehead atoms. The van der Waals surface area contributed by atoms with Gasteiger partial charge in [-0.2, -0.15) is 0 Å². The van der Waals surface area contributed by atoms with Crippen LogP contribution in [0.4, 0.5) is 0 Å². The number of H-pyrrole nitrogens is 1. The summed E-state index contributed by atoms with van der Waals surface area (Å²) < 4.78 is 0. The van der Waals surface area contributed by atoms with E-state index in [2.05, 4.69) is 53.4 Å². The number of carbonyl (C=O) groups excluding carboxylic acids is 1. The zero-order valence-electron chi connectivity index (χ0n) is 14.4. The standard InChI is InChI=1S/C20H23N3O/c1-13-4-7-17(14(2)10-13)15(3)23-20(24)9-6-16-5-8-18-19(11-16)22-12-21-18/h4-5,7-8,10-12,15H,6,9H2,1-3H3,(H,21,22)(H,23,24)/t15-/m1/s1. The lowest BCUT2D eigenvalue weighted by Gasteiger charge is -2.17. The van der Waals surface area contributed by atoms with Crippen LogP contribution in [0.2, 0.25) is 0 Å². The van der Waals surface area contributed by atoms with Gasteiger partial charge in [0.2, 0.25) is 5.91 Å². The van der Waals surface area contributed by atoms with Crippen LogP contribution in [-0.2, 0) is 11.2 Å². The van der Waals surface area contributed by atoms with Crippen LogP contribution >= 0.6 is 0 Å². The molecule has 24 heavy (non-hydrogen) atoms. The van der Waals surface area contributed by atoms with E-state index >= 15 is 0 Å². The molecule has 1 atom stereocenters. The molecular formula is C20H23N3O. The molecule has 1 amide bonds. The quantitative estimate of drug-likeness (QED) is 0.746. The van der Waals surface area contributed by atoms with Gasteiger partial charge in [-0.3, -0.25) is 4.79 Å². The van der Waals surface area contributed by atoms with Crippen LogP contribution in [0.1, 0.15) is 41.6 Å². The number of aryl methyl sites for hydroxylation is 3. The maximum absolute atomic E-state index is 12.3. The van der Waals surface area contributed by atoms with E-state index in [4.69, 9.17) is 0 Å². The fourth-order valence-corrected chi connectivity index (χ4v) is 3.10. The minimum atomic E-state index is 0.0215. The SMILES string of the molecule is Cc1ccc([C@@H](C)NC(=O)CCc2ccc3nc[nH]c3c2)c(C)c1. The first-order valence-electron chi connectivity index (χ1n) is 8.31. The Labute approximate surface area is 142 Å². The largest absolute Gasteiger partial charge is 0.350 e.